The Bertz CT molecular complexity index is 456. The third-order valence-electron chi connectivity index (χ3n) is 2.22. The third-order valence-corrected chi connectivity index (χ3v) is 2.32. The van der Waals surface area contributed by atoms with Crippen LogP contribution in [-0.2, 0) is 6.54 Å². The summed E-state index contributed by atoms with van der Waals surface area (Å²) in [4.78, 5) is 4.11. The Hall–Kier alpha value is -1.38. The average Bonchev–Trinajstić information content (AvgIpc) is 2.45. The molecule has 1 aromatic rings. The fourth-order valence-electron chi connectivity index (χ4n) is 1.43. The Labute approximate surface area is 129 Å². The Morgan fingerprint density at radius 2 is 2.00 bits per heavy atom. The fourth-order valence-corrected chi connectivity index (χ4v) is 1.48. The summed E-state index contributed by atoms with van der Waals surface area (Å²) >= 11 is 5.73. The minimum absolute atomic E-state index is 0. The predicted molar refractivity (Wildman–Crippen MR) is 94.2 cm³/mol. The molecule has 0 aliphatic rings. The molecule has 2 N–H and O–H groups in total. The van der Waals surface area contributed by atoms with E-state index in [9.17, 15) is 0 Å². The Morgan fingerprint density at radius 3 is 2.50 bits per heavy atom. The summed E-state index contributed by atoms with van der Waals surface area (Å²) in [6, 6.07) is 8.09. The van der Waals surface area contributed by atoms with Gasteiger partial charge in [0.15, 0.2) is 0 Å². The number of nitrogens with two attached hydrogens (primary N) is 1. The molecular formula is C17H27ClN2. The summed E-state index contributed by atoms with van der Waals surface area (Å²) in [5.74, 6) is 0. The lowest BCUT2D eigenvalue weighted by molar-refractivity contribution is 1.07. The van der Waals surface area contributed by atoms with E-state index in [1.165, 1.54) is 0 Å². The van der Waals surface area contributed by atoms with E-state index in [4.69, 9.17) is 17.3 Å². The highest BCUT2D eigenvalue weighted by Crippen LogP contribution is 2.17. The Kier molecular flexibility index (Phi) is 13.2. The van der Waals surface area contributed by atoms with Gasteiger partial charge in [-0.15, -0.1) is 0 Å². The molecule has 0 atom stereocenters. The number of nitrogens with zero attached hydrogens (tertiary/aromatic N) is 1. The molecule has 0 saturated heterocycles. The smallest absolute Gasteiger partial charge is 0.103 e. The zero-order chi connectivity index (χ0) is 14.7. The van der Waals surface area contributed by atoms with Crippen molar-refractivity contribution in [1.29, 1.82) is 0 Å². The van der Waals surface area contributed by atoms with Gasteiger partial charge in [0.2, 0.25) is 0 Å². The van der Waals surface area contributed by atoms with Crippen LogP contribution in [0.15, 0.2) is 47.6 Å². The second-order valence-electron chi connectivity index (χ2n) is 3.62. The van der Waals surface area contributed by atoms with Crippen molar-refractivity contribution in [2.45, 2.75) is 41.7 Å². The van der Waals surface area contributed by atoms with Gasteiger partial charge in [0.05, 0.1) is 0 Å². The molecule has 0 aliphatic carbocycles. The first-order valence-electron chi connectivity index (χ1n) is 6.49. The fraction of sp³-hybridized carbons (Fsp3) is 0.353. The van der Waals surface area contributed by atoms with Crippen LogP contribution in [0.4, 0.5) is 0 Å². The third kappa shape index (κ3) is 7.93. The van der Waals surface area contributed by atoms with Crippen molar-refractivity contribution >= 4 is 22.3 Å². The van der Waals surface area contributed by atoms with Crippen molar-refractivity contribution in [3.8, 4) is 0 Å². The molecular weight excluding hydrogens is 268 g/mol. The molecule has 0 bridgehead atoms. The lowest BCUT2D eigenvalue weighted by Crippen LogP contribution is -1.96. The molecule has 2 nitrogen and oxygen atoms in total. The maximum Gasteiger partial charge on any atom is 0.103 e. The van der Waals surface area contributed by atoms with Crippen LogP contribution in [0.1, 0.15) is 46.2 Å². The SMILES string of the molecule is C.C/C=C\C(=C/N=C(C)Cl)c1cccc(CN)c1.CC. The summed E-state index contributed by atoms with van der Waals surface area (Å²) < 4.78 is 0. The number of aliphatic imine (C=N–C) groups is 1. The van der Waals surface area contributed by atoms with Crippen LogP contribution in [0.2, 0.25) is 0 Å². The standard InChI is InChI=1S/C14H17ClN2.C2H6.CH4/c1-3-5-14(10-17-11(2)15)13-7-4-6-12(8-13)9-16;1-2;/h3-8,10H,9,16H2,1-2H3;1-2H3;1H4/b5-3-,14-10+,17-11?;;. The van der Waals surface area contributed by atoms with E-state index in [1.54, 1.807) is 13.1 Å². The average molecular weight is 295 g/mol. The van der Waals surface area contributed by atoms with Crippen molar-refractivity contribution < 1.29 is 0 Å². The first kappa shape index (κ1) is 20.9. The van der Waals surface area contributed by atoms with Crippen LogP contribution in [0.25, 0.3) is 5.57 Å². The lowest BCUT2D eigenvalue weighted by Gasteiger charge is -2.04. The molecule has 1 rings (SSSR count). The summed E-state index contributed by atoms with van der Waals surface area (Å²) in [6.45, 7) is 8.26. The number of allylic oxidation sites excluding steroid dienone is 3. The molecule has 112 valence electrons. The molecule has 20 heavy (non-hydrogen) atoms. The predicted octanol–water partition coefficient (Wildman–Crippen LogP) is 5.38. The molecule has 0 spiro atoms. The number of hydrogen-bond acceptors (Lipinski definition) is 2. The van der Waals surface area contributed by atoms with Gasteiger partial charge in [-0.1, -0.05) is 63.2 Å². The number of hydrogen-bond donors (Lipinski definition) is 1. The normalized spacial score (nSPS) is 11.7. The molecule has 3 heteroatoms. The molecule has 0 unspecified atom stereocenters. The van der Waals surface area contributed by atoms with Crippen LogP contribution in [-0.4, -0.2) is 5.17 Å². The van der Waals surface area contributed by atoms with E-state index < -0.39 is 0 Å². The number of rotatable bonds is 4. The van der Waals surface area contributed by atoms with Crippen LogP contribution >= 0.6 is 11.6 Å². The largest absolute Gasteiger partial charge is 0.326 e. The Balaban J connectivity index is 0. The second-order valence-corrected chi connectivity index (χ2v) is 4.16. The molecule has 0 heterocycles. The molecule has 1 aromatic carbocycles. The summed E-state index contributed by atoms with van der Waals surface area (Å²) in [6.07, 6.45) is 5.73. The van der Waals surface area contributed by atoms with Gasteiger partial charge >= 0.3 is 0 Å². The summed E-state index contributed by atoms with van der Waals surface area (Å²) in [5.41, 5.74) is 8.84. The van der Waals surface area contributed by atoms with Gasteiger partial charge in [0, 0.05) is 12.7 Å². The summed E-state index contributed by atoms with van der Waals surface area (Å²) in [7, 11) is 0. The van der Waals surface area contributed by atoms with Crippen molar-refractivity contribution in [2.24, 2.45) is 10.7 Å². The molecule has 0 fully saturated rings. The van der Waals surface area contributed by atoms with Gasteiger partial charge < -0.3 is 5.73 Å². The highest BCUT2D eigenvalue weighted by Gasteiger charge is 1.98. The maximum atomic E-state index is 5.73. The molecule has 0 saturated carbocycles. The van der Waals surface area contributed by atoms with Crippen molar-refractivity contribution in [1.82, 2.24) is 0 Å². The van der Waals surface area contributed by atoms with E-state index in [0.717, 1.165) is 16.7 Å². The zero-order valence-electron chi connectivity index (χ0n) is 12.2. The zero-order valence-corrected chi connectivity index (χ0v) is 12.9. The lowest BCUT2D eigenvalue weighted by atomic mass is 10.0. The van der Waals surface area contributed by atoms with Crippen LogP contribution in [0.3, 0.4) is 0 Å². The van der Waals surface area contributed by atoms with Crippen molar-refractivity contribution in [2.75, 3.05) is 0 Å². The van der Waals surface area contributed by atoms with Crippen LogP contribution in [0.5, 0.6) is 0 Å². The molecule has 0 amide bonds. The highest BCUT2D eigenvalue weighted by molar-refractivity contribution is 6.64. The monoisotopic (exact) mass is 294 g/mol. The highest BCUT2D eigenvalue weighted by atomic mass is 35.5. The van der Waals surface area contributed by atoms with E-state index in [1.807, 2.05) is 51.1 Å². The van der Waals surface area contributed by atoms with Crippen LogP contribution < -0.4 is 5.73 Å². The second kappa shape index (κ2) is 12.6. The van der Waals surface area contributed by atoms with Gasteiger partial charge in [-0.3, -0.25) is 0 Å². The maximum absolute atomic E-state index is 5.73. The topological polar surface area (TPSA) is 38.4 Å². The molecule has 0 radical (unpaired) electrons. The number of halogens is 1. The van der Waals surface area contributed by atoms with E-state index in [2.05, 4.69) is 11.1 Å². The number of benzene rings is 1. The van der Waals surface area contributed by atoms with Gasteiger partial charge in [-0.25, -0.2) is 4.99 Å². The van der Waals surface area contributed by atoms with Gasteiger partial charge in [-0.05, 0) is 36.6 Å². The first-order valence-corrected chi connectivity index (χ1v) is 6.87. The van der Waals surface area contributed by atoms with Crippen LogP contribution in [0, 0.1) is 0 Å². The quantitative estimate of drug-likeness (QED) is 0.587. The van der Waals surface area contributed by atoms with E-state index in [0.29, 0.717) is 11.7 Å². The van der Waals surface area contributed by atoms with Gasteiger partial charge in [0.1, 0.15) is 5.17 Å². The Morgan fingerprint density at radius 1 is 1.35 bits per heavy atom. The van der Waals surface area contributed by atoms with E-state index in [-0.39, 0.29) is 7.43 Å². The van der Waals surface area contributed by atoms with Gasteiger partial charge in [0.25, 0.3) is 0 Å². The minimum atomic E-state index is 0. The molecule has 0 aromatic heterocycles. The first-order chi connectivity index (χ1) is 9.17. The molecule has 0 aliphatic heterocycles. The summed E-state index contributed by atoms with van der Waals surface area (Å²) in [5, 5.41) is 0.516. The van der Waals surface area contributed by atoms with Crippen molar-refractivity contribution in [3.05, 3.63) is 53.7 Å². The van der Waals surface area contributed by atoms with Gasteiger partial charge in [-0.2, -0.15) is 0 Å². The minimum Gasteiger partial charge on any atom is -0.326 e. The van der Waals surface area contributed by atoms with E-state index >= 15 is 0 Å². The van der Waals surface area contributed by atoms with Crippen molar-refractivity contribution in [3.63, 3.8) is 0 Å².